The number of halogens is 1. The Morgan fingerprint density at radius 3 is 2.08 bits per heavy atom. The third-order valence-electron chi connectivity index (χ3n) is 5.99. The molecule has 0 saturated heterocycles. The molecule has 136 valence electrons. The maximum atomic E-state index is 12.9. The van der Waals surface area contributed by atoms with Crippen LogP contribution < -0.4 is 17.0 Å². The average molecular weight is 398 g/mol. The zero-order chi connectivity index (χ0) is 16.8. The summed E-state index contributed by atoms with van der Waals surface area (Å²) < 4.78 is 6.81. The van der Waals surface area contributed by atoms with Crippen LogP contribution in [0.3, 0.4) is 0 Å². The van der Waals surface area contributed by atoms with Crippen LogP contribution >= 0.6 is 0 Å². The molecule has 0 aliphatic heterocycles. The molecule has 0 spiro atoms. The first-order valence-corrected chi connectivity index (χ1v) is 9.20. The summed E-state index contributed by atoms with van der Waals surface area (Å²) in [4.78, 5) is 12.9. The van der Waals surface area contributed by atoms with Gasteiger partial charge in [0.05, 0.1) is 25.0 Å². The third-order valence-corrected chi connectivity index (χ3v) is 5.99. The van der Waals surface area contributed by atoms with Gasteiger partial charge in [-0.3, -0.25) is 4.79 Å². The highest BCUT2D eigenvalue weighted by molar-refractivity contribution is 5.83. The summed E-state index contributed by atoms with van der Waals surface area (Å²) in [6.07, 6.45) is 4.07. The zero-order valence-corrected chi connectivity index (χ0v) is 17.0. The average Bonchev–Trinajstić information content (AvgIpc) is 3.11. The van der Waals surface area contributed by atoms with Crippen LogP contribution in [-0.2, 0) is 14.9 Å². The number of quaternary nitrogens is 1. The monoisotopic (exact) mass is 397 g/mol. The highest BCUT2D eigenvalue weighted by atomic mass is 79.9. The van der Waals surface area contributed by atoms with Crippen LogP contribution in [0.1, 0.15) is 52.0 Å². The maximum absolute atomic E-state index is 12.9. The Balaban J connectivity index is 0.00000288. The number of hydrogen-bond donors (Lipinski definition) is 0. The van der Waals surface area contributed by atoms with Crippen molar-refractivity contribution in [3.8, 4) is 0 Å². The lowest BCUT2D eigenvalue weighted by atomic mass is 9.79. The normalized spacial score (nSPS) is 16.5. The van der Waals surface area contributed by atoms with Gasteiger partial charge in [-0.15, -0.1) is 0 Å². The van der Waals surface area contributed by atoms with E-state index in [0.29, 0.717) is 6.61 Å². The predicted molar refractivity (Wildman–Crippen MR) is 94.3 cm³/mol. The number of nitrogens with zero attached hydrogens (tertiary/aromatic N) is 1. The summed E-state index contributed by atoms with van der Waals surface area (Å²) >= 11 is 0. The third kappa shape index (κ3) is 4.40. The Hall–Kier alpha value is -0.870. The van der Waals surface area contributed by atoms with Crippen molar-refractivity contribution in [3.05, 3.63) is 35.9 Å². The second kappa shape index (κ2) is 9.57. The van der Waals surface area contributed by atoms with Gasteiger partial charge in [0, 0.05) is 0 Å². The van der Waals surface area contributed by atoms with Crippen LogP contribution in [0, 0.1) is 0 Å². The highest BCUT2D eigenvalue weighted by Gasteiger charge is 2.44. The van der Waals surface area contributed by atoms with Crippen molar-refractivity contribution in [3.63, 3.8) is 0 Å². The van der Waals surface area contributed by atoms with Crippen LogP contribution in [0.4, 0.5) is 0 Å². The van der Waals surface area contributed by atoms with E-state index in [1.165, 1.54) is 0 Å². The topological polar surface area (TPSA) is 26.3 Å². The molecule has 0 unspecified atom stereocenters. The first kappa shape index (κ1) is 21.2. The van der Waals surface area contributed by atoms with Crippen molar-refractivity contribution < 1.29 is 31.0 Å². The molecule has 3 nitrogen and oxygen atoms in total. The fraction of sp³-hybridized carbons (Fsp3) is 0.650. The number of likely N-dealkylation sites (N-methyl/N-ethyl adjacent to an activating group) is 1. The first-order chi connectivity index (χ1) is 11.1. The van der Waals surface area contributed by atoms with E-state index in [1.54, 1.807) is 0 Å². The summed E-state index contributed by atoms with van der Waals surface area (Å²) in [5, 5.41) is 0. The first-order valence-electron chi connectivity index (χ1n) is 9.20. The molecular weight excluding hydrogens is 366 g/mol. The van der Waals surface area contributed by atoms with E-state index in [4.69, 9.17) is 4.74 Å². The van der Waals surface area contributed by atoms with Gasteiger partial charge in [-0.05, 0) is 39.2 Å². The van der Waals surface area contributed by atoms with Crippen molar-refractivity contribution in [2.24, 2.45) is 0 Å². The lowest BCUT2D eigenvalue weighted by Crippen LogP contribution is -3.00. The number of hydrogen-bond acceptors (Lipinski definition) is 2. The van der Waals surface area contributed by atoms with Gasteiger partial charge in [0.15, 0.2) is 0 Å². The van der Waals surface area contributed by atoms with E-state index in [2.05, 4.69) is 32.9 Å². The minimum atomic E-state index is -0.401. The van der Waals surface area contributed by atoms with Gasteiger partial charge in [-0.25, -0.2) is 0 Å². The summed E-state index contributed by atoms with van der Waals surface area (Å²) in [6, 6.07) is 10.2. The Kier molecular flexibility index (Phi) is 8.44. The fourth-order valence-corrected chi connectivity index (χ4v) is 3.96. The molecule has 1 aromatic carbocycles. The number of benzene rings is 1. The summed E-state index contributed by atoms with van der Waals surface area (Å²) in [5.74, 6) is -0.0115. The molecule has 4 heteroatoms. The van der Waals surface area contributed by atoms with Crippen LogP contribution in [0.2, 0.25) is 0 Å². The summed E-state index contributed by atoms with van der Waals surface area (Å²) in [6.45, 7) is 11.4. The molecule has 0 heterocycles. The van der Waals surface area contributed by atoms with E-state index in [-0.39, 0.29) is 23.0 Å². The second-order valence-electron chi connectivity index (χ2n) is 6.81. The molecule has 2 rings (SSSR count). The van der Waals surface area contributed by atoms with Crippen molar-refractivity contribution in [1.29, 1.82) is 0 Å². The Bertz CT molecular complexity index is 485. The van der Waals surface area contributed by atoms with Gasteiger partial charge >= 0.3 is 5.97 Å². The largest absolute Gasteiger partial charge is 1.00 e. The van der Waals surface area contributed by atoms with Crippen molar-refractivity contribution in [2.45, 2.75) is 51.9 Å². The van der Waals surface area contributed by atoms with Crippen LogP contribution in [0.25, 0.3) is 0 Å². The van der Waals surface area contributed by atoms with E-state index >= 15 is 0 Å². The van der Waals surface area contributed by atoms with E-state index in [9.17, 15) is 4.79 Å². The summed E-state index contributed by atoms with van der Waals surface area (Å²) in [5.41, 5.74) is 0.728. The van der Waals surface area contributed by atoms with Gasteiger partial charge in [0.2, 0.25) is 0 Å². The standard InChI is InChI=1S/C20H32NO2.BrH/c1-4-21(5-2,6-3)16-17-23-19(22)20(14-10-11-15-20)18-12-8-7-9-13-18;/h7-9,12-13H,4-6,10-11,14-17H2,1-3H3;1H/q+1;/p-1. The Labute approximate surface area is 157 Å². The smallest absolute Gasteiger partial charge is 0.316 e. The molecule has 0 aromatic heterocycles. The lowest BCUT2D eigenvalue weighted by Gasteiger charge is -2.36. The zero-order valence-electron chi connectivity index (χ0n) is 15.4. The van der Waals surface area contributed by atoms with Crippen LogP contribution in [-0.4, -0.2) is 43.2 Å². The second-order valence-corrected chi connectivity index (χ2v) is 6.81. The number of ether oxygens (including phenoxy) is 1. The van der Waals surface area contributed by atoms with Gasteiger partial charge < -0.3 is 26.2 Å². The maximum Gasteiger partial charge on any atom is 0.316 e. The number of rotatable bonds is 8. The van der Waals surface area contributed by atoms with Crippen LogP contribution in [0.5, 0.6) is 0 Å². The Morgan fingerprint density at radius 2 is 1.58 bits per heavy atom. The highest BCUT2D eigenvalue weighted by Crippen LogP contribution is 2.42. The number of carbonyl (C=O) groups is 1. The SMILES string of the molecule is CC[N+](CC)(CC)CCOC(=O)C1(c2ccccc2)CCCC1.[Br-]. The molecule has 1 aliphatic rings. The molecule has 1 aromatic rings. The molecule has 0 bridgehead atoms. The molecule has 24 heavy (non-hydrogen) atoms. The van der Waals surface area contributed by atoms with Gasteiger partial charge in [0.1, 0.15) is 13.2 Å². The number of esters is 1. The fourth-order valence-electron chi connectivity index (χ4n) is 3.96. The van der Waals surface area contributed by atoms with Gasteiger partial charge in [0.25, 0.3) is 0 Å². The predicted octanol–water partition coefficient (Wildman–Crippen LogP) is 0.922. The minimum absolute atomic E-state index is 0. The minimum Gasteiger partial charge on any atom is -1.00 e. The quantitative estimate of drug-likeness (QED) is 0.481. The molecule has 1 aliphatic carbocycles. The van der Waals surface area contributed by atoms with E-state index in [1.807, 2.05) is 18.2 Å². The van der Waals surface area contributed by atoms with E-state index < -0.39 is 5.41 Å². The van der Waals surface area contributed by atoms with E-state index in [0.717, 1.165) is 61.9 Å². The molecule has 0 N–H and O–H groups in total. The Morgan fingerprint density at radius 1 is 1.04 bits per heavy atom. The van der Waals surface area contributed by atoms with Gasteiger partial charge in [-0.2, -0.15) is 0 Å². The molecule has 1 saturated carbocycles. The van der Waals surface area contributed by atoms with Crippen LogP contribution in [0.15, 0.2) is 30.3 Å². The number of carbonyl (C=O) groups excluding carboxylic acids is 1. The molecular formula is C20H32BrNO2. The molecule has 0 amide bonds. The van der Waals surface area contributed by atoms with Gasteiger partial charge in [-0.1, -0.05) is 43.2 Å². The lowest BCUT2D eigenvalue weighted by molar-refractivity contribution is -0.923. The molecule has 1 fully saturated rings. The van der Waals surface area contributed by atoms with Crippen molar-refractivity contribution in [1.82, 2.24) is 0 Å². The molecule has 0 atom stereocenters. The van der Waals surface area contributed by atoms with Crippen molar-refractivity contribution in [2.75, 3.05) is 32.8 Å². The van der Waals surface area contributed by atoms with Crippen molar-refractivity contribution >= 4 is 5.97 Å². The molecule has 0 radical (unpaired) electrons. The summed E-state index contributed by atoms with van der Waals surface area (Å²) in [7, 11) is 0.